The summed E-state index contributed by atoms with van der Waals surface area (Å²) >= 11 is 2.69. The number of thioether (sulfide) groups is 1. The molecule has 2 heterocycles. The monoisotopic (exact) mass is 370 g/mol. The van der Waals surface area contributed by atoms with Crippen LogP contribution in [0.5, 0.6) is 0 Å². The highest BCUT2D eigenvalue weighted by Gasteiger charge is 2.34. The van der Waals surface area contributed by atoms with Crippen LogP contribution < -0.4 is 10.6 Å². The second-order valence-electron chi connectivity index (χ2n) is 4.73. The average Bonchev–Trinajstić information content (AvgIpc) is 3.08. The molecule has 2 amide bonds. The minimum atomic E-state index is -0.563. The van der Waals surface area contributed by atoms with Gasteiger partial charge in [-0.3, -0.25) is 4.79 Å². The lowest BCUT2D eigenvalue weighted by atomic mass is 10.0. The molecule has 130 valence electrons. The number of rotatable bonds is 7. The van der Waals surface area contributed by atoms with Gasteiger partial charge in [-0.05, 0) is 18.4 Å². The summed E-state index contributed by atoms with van der Waals surface area (Å²) in [5, 5.41) is 7.27. The van der Waals surface area contributed by atoms with Gasteiger partial charge in [-0.1, -0.05) is 6.07 Å². The molecule has 1 aromatic heterocycles. The van der Waals surface area contributed by atoms with Crippen molar-refractivity contribution in [1.82, 2.24) is 10.6 Å². The first kappa shape index (κ1) is 18.3. The normalized spacial score (nSPS) is 17.1. The molecule has 0 bridgehead atoms. The minimum absolute atomic E-state index is 0.128. The van der Waals surface area contributed by atoms with Gasteiger partial charge in [-0.2, -0.15) is 0 Å². The van der Waals surface area contributed by atoms with Crippen LogP contribution in [-0.4, -0.2) is 43.2 Å². The fraction of sp³-hybridized carbons (Fsp3) is 0.400. The van der Waals surface area contributed by atoms with Crippen LogP contribution in [0.3, 0.4) is 0 Å². The Kier molecular flexibility index (Phi) is 6.68. The molecule has 2 rings (SSSR count). The van der Waals surface area contributed by atoms with Crippen molar-refractivity contribution in [3.05, 3.63) is 33.7 Å². The van der Waals surface area contributed by atoms with E-state index in [1.165, 1.54) is 30.2 Å². The van der Waals surface area contributed by atoms with Crippen molar-refractivity contribution in [2.24, 2.45) is 0 Å². The highest BCUT2D eigenvalue weighted by atomic mass is 32.2. The maximum atomic E-state index is 12.4. The van der Waals surface area contributed by atoms with E-state index in [1.54, 1.807) is 6.92 Å². The standard InChI is InChI=1S/C15H18N2O5S2/c1-3-22-14(19)12-9(7-23-8-11(18)21-2)16-15(20)17-13(12)10-5-4-6-24-10/h4-6,13H,3,7-8H2,1-2H3,(H2,16,17,20). The number of carbonyl (C=O) groups is 3. The van der Waals surface area contributed by atoms with E-state index < -0.39 is 18.0 Å². The van der Waals surface area contributed by atoms with Gasteiger partial charge in [0.05, 0.1) is 31.1 Å². The van der Waals surface area contributed by atoms with E-state index in [0.717, 1.165) is 4.88 Å². The van der Waals surface area contributed by atoms with E-state index in [1.807, 2.05) is 17.5 Å². The Balaban J connectivity index is 2.29. The molecule has 1 aliphatic heterocycles. The number of esters is 2. The molecule has 0 saturated heterocycles. The van der Waals surface area contributed by atoms with Gasteiger partial charge in [-0.15, -0.1) is 23.1 Å². The lowest BCUT2D eigenvalue weighted by molar-refractivity contribution is -0.139. The molecule has 7 nitrogen and oxygen atoms in total. The van der Waals surface area contributed by atoms with Crippen LogP contribution >= 0.6 is 23.1 Å². The number of hydrogen-bond donors (Lipinski definition) is 2. The van der Waals surface area contributed by atoms with Gasteiger partial charge in [0.15, 0.2) is 0 Å². The van der Waals surface area contributed by atoms with Gasteiger partial charge in [0, 0.05) is 16.3 Å². The molecule has 24 heavy (non-hydrogen) atoms. The fourth-order valence-corrected chi connectivity index (χ4v) is 3.75. The summed E-state index contributed by atoms with van der Waals surface area (Å²) in [6.07, 6.45) is 0. The number of hydrogen-bond acceptors (Lipinski definition) is 7. The second-order valence-corrected chi connectivity index (χ2v) is 6.69. The average molecular weight is 370 g/mol. The summed E-state index contributed by atoms with van der Waals surface area (Å²) in [5.41, 5.74) is 0.806. The molecule has 1 aliphatic rings. The van der Waals surface area contributed by atoms with Crippen molar-refractivity contribution < 1.29 is 23.9 Å². The van der Waals surface area contributed by atoms with Crippen molar-refractivity contribution in [2.45, 2.75) is 13.0 Å². The zero-order valence-corrected chi connectivity index (χ0v) is 14.9. The molecule has 0 radical (unpaired) electrons. The van der Waals surface area contributed by atoms with Crippen molar-refractivity contribution in [1.29, 1.82) is 0 Å². The summed E-state index contributed by atoms with van der Waals surface area (Å²) in [5.74, 6) is -0.438. The van der Waals surface area contributed by atoms with Gasteiger partial charge in [-0.25, -0.2) is 9.59 Å². The number of urea groups is 1. The molecular formula is C15H18N2O5S2. The molecule has 1 unspecified atom stereocenters. The lowest BCUT2D eigenvalue weighted by Gasteiger charge is -2.28. The van der Waals surface area contributed by atoms with Crippen LogP contribution in [0.15, 0.2) is 28.8 Å². The number of carbonyl (C=O) groups excluding carboxylic acids is 3. The van der Waals surface area contributed by atoms with Crippen LogP contribution in [0.2, 0.25) is 0 Å². The minimum Gasteiger partial charge on any atom is -0.468 e. The zero-order valence-electron chi connectivity index (χ0n) is 13.3. The van der Waals surface area contributed by atoms with Gasteiger partial charge in [0.1, 0.15) is 0 Å². The first-order valence-corrected chi connectivity index (χ1v) is 9.25. The maximum Gasteiger partial charge on any atom is 0.338 e. The third kappa shape index (κ3) is 4.51. The highest BCUT2D eigenvalue weighted by Crippen LogP contribution is 2.31. The molecular weight excluding hydrogens is 352 g/mol. The Morgan fingerprint density at radius 2 is 2.21 bits per heavy atom. The van der Waals surface area contributed by atoms with Gasteiger partial charge in [0.2, 0.25) is 0 Å². The number of ether oxygens (including phenoxy) is 2. The van der Waals surface area contributed by atoms with E-state index in [9.17, 15) is 14.4 Å². The van der Waals surface area contributed by atoms with E-state index in [0.29, 0.717) is 17.0 Å². The summed E-state index contributed by atoms with van der Waals surface area (Å²) in [6.45, 7) is 1.95. The number of methoxy groups -OCH3 is 1. The molecule has 1 atom stereocenters. The zero-order chi connectivity index (χ0) is 17.5. The SMILES string of the molecule is CCOC(=O)C1=C(CSCC(=O)OC)NC(=O)NC1c1cccs1. The largest absolute Gasteiger partial charge is 0.468 e. The van der Waals surface area contributed by atoms with Crippen molar-refractivity contribution in [3.63, 3.8) is 0 Å². The van der Waals surface area contributed by atoms with Crippen LogP contribution in [0.4, 0.5) is 4.79 Å². The predicted molar refractivity (Wildman–Crippen MR) is 91.7 cm³/mol. The highest BCUT2D eigenvalue weighted by molar-refractivity contribution is 8.00. The van der Waals surface area contributed by atoms with Gasteiger partial charge in [0.25, 0.3) is 0 Å². The van der Waals surface area contributed by atoms with Crippen molar-refractivity contribution in [2.75, 3.05) is 25.2 Å². The summed E-state index contributed by atoms with van der Waals surface area (Å²) in [7, 11) is 1.31. The third-order valence-electron chi connectivity index (χ3n) is 3.17. The van der Waals surface area contributed by atoms with E-state index >= 15 is 0 Å². The Morgan fingerprint density at radius 3 is 2.83 bits per heavy atom. The summed E-state index contributed by atoms with van der Waals surface area (Å²) in [6, 6.07) is 2.74. The van der Waals surface area contributed by atoms with E-state index in [-0.39, 0.29) is 18.3 Å². The molecule has 0 aliphatic carbocycles. The third-order valence-corrected chi connectivity index (χ3v) is 5.04. The maximum absolute atomic E-state index is 12.4. The quantitative estimate of drug-likeness (QED) is 0.711. The summed E-state index contributed by atoms with van der Waals surface area (Å²) in [4.78, 5) is 36.4. The van der Waals surface area contributed by atoms with Crippen LogP contribution in [-0.2, 0) is 19.1 Å². The molecule has 1 aromatic rings. The smallest absolute Gasteiger partial charge is 0.338 e. The second kappa shape index (κ2) is 8.74. The number of thiophene rings is 1. The number of amides is 2. The molecule has 0 saturated carbocycles. The van der Waals surface area contributed by atoms with E-state index in [4.69, 9.17) is 4.74 Å². The van der Waals surface area contributed by atoms with Crippen LogP contribution in [0.1, 0.15) is 17.8 Å². The van der Waals surface area contributed by atoms with E-state index in [2.05, 4.69) is 15.4 Å². The topological polar surface area (TPSA) is 93.7 Å². The van der Waals surface area contributed by atoms with Gasteiger partial charge >= 0.3 is 18.0 Å². The first-order chi connectivity index (χ1) is 11.6. The lowest BCUT2D eigenvalue weighted by Crippen LogP contribution is -2.46. The van der Waals surface area contributed by atoms with Crippen LogP contribution in [0.25, 0.3) is 0 Å². The van der Waals surface area contributed by atoms with Crippen LogP contribution in [0, 0.1) is 0 Å². The molecule has 2 N–H and O–H groups in total. The fourth-order valence-electron chi connectivity index (χ4n) is 2.15. The number of nitrogens with one attached hydrogen (secondary N) is 2. The molecule has 9 heteroatoms. The molecule has 0 aromatic carbocycles. The first-order valence-electron chi connectivity index (χ1n) is 7.22. The predicted octanol–water partition coefficient (Wildman–Crippen LogP) is 1.83. The molecule has 0 fully saturated rings. The van der Waals surface area contributed by atoms with Crippen molar-refractivity contribution >= 4 is 41.1 Å². The van der Waals surface area contributed by atoms with Gasteiger partial charge < -0.3 is 20.1 Å². The Hall–Kier alpha value is -2.00. The Labute approximate surface area is 147 Å². The Morgan fingerprint density at radius 1 is 1.42 bits per heavy atom. The molecule has 0 spiro atoms. The van der Waals surface area contributed by atoms with Crippen molar-refractivity contribution in [3.8, 4) is 0 Å². The summed E-state index contributed by atoms with van der Waals surface area (Å²) < 4.78 is 9.73. The Bertz CT molecular complexity index is 642.